The van der Waals surface area contributed by atoms with Gasteiger partial charge >= 0.3 is 39.5 Å². The molecule has 0 fully saturated rings. The van der Waals surface area contributed by atoms with Crippen LogP contribution in [0.15, 0.2) is 158 Å². The van der Waals surface area contributed by atoms with Crippen LogP contribution in [0.1, 0.15) is 259 Å². The van der Waals surface area contributed by atoms with Gasteiger partial charge in [-0.2, -0.15) is 0 Å². The molecular weight excluding hydrogens is 1280 g/mol. The second kappa shape index (κ2) is 70.1. The maximum absolute atomic E-state index is 13.0. The molecule has 17 nitrogen and oxygen atoms in total. The van der Waals surface area contributed by atoms with E-state index in [9.17, 15) is 43.2 Å². The highest BCUT2D eigenvalue weighted by Crippen LogP contribution is 2.45. The lowest BCUT2D eigenvalue weighted by Crippen LogP contribution is -2.30. The molecule has 0 saturated carbocycles. The molecule has 0 bridgehead atoms. The Labute approximate surface area is 591 Å². The number of hydrogen-bond donors (Lipinski definition) is 3. The van der Waals surface area contributed by atoms with E-state index in [1.807, 2.05) is 24.3 Å². The lowest BCUT2D eigenvalue weighted by atomic mass is 10.1. The van der Waals surface area contributed by atoms with E-state index in [1.165, 1.54) is 32.1 Å². The highest BCUT2D eigenvalue weighted by atomic mass is 31.2. The lowest BCUT2D eigenvalue weighted by Gasteiger charge is -2.21. The van der Waals surface area contributed by atoms with Gasteiger partial charge in [-0.05, 0) is 141 Å². The van der Waals surface area contributed by atoms with E-state index in [-0.39, 0.29) is 25.7 Å². The molecule has 0 aliphatic carbocycles. The fourth-order valence-electron chi connectivity index (χ4n) is 8.93. The summed E-state index contributed by atoms with van der Waals surface area (Å²) < 4.78 is 68.1. The number of esters is 4. The zero-order valence-electron chi connectivity index (χ0n) is 60.4. The predicted octanol–water partition coefficient (Wildman–Crippen LogP) is 20.9. The van der Waals surface area contributed by atoms with Gasteiger partial charge in [-0.3, -0.25) is 37.3 Å². The van der Waals surface area contributed by atoms with Crippen LogP contribution in [0, 0.1) is 0 Å². The van der Waals surface area contributed by atoms with E-state index in [0.29, 0.717) is 32.1 Å². The summed E-state index contributed by atoms with van der Waals surface area (Å²) in [6.45, 7) is 4.33. The molecule has 5 unspecified atom stereocenters. The summed E-state index contributed by atoms with van der Waals surface area (Å²) in [5, 5.41) is 10.6. The van der Waals surface area contributed by atoms with Gasteiger partial charge in [-0.1, -0.05) is 250 Å². The number of aliphatic hydroxyl groups is 1. The number of phosphoric ester groups is 2. The quantitative estimate of drug-likeness (QED) is 0.0169. The monoisotopic (exact) mass is 1410 g/mol. The Kier molecular flexibility index (Phi) is 66.3. The molecule has 0 rings (SSSR count). The molecule has 98 heavy (non-hydrogen) atoms. The second-order valence-electron chi connectivity index (χ2n) is 23.8. The first-order valence-electron chi connectivity index (χ1n) is 36.7. The summed E-state index contributed by atoms with van der Waals surface area (Å²) in [4.78, 5) is 72.6. The average molecular weight is 1410 g/mol. The molecule has 0 heterocycles. The summed E-state index contributed by atoms with van der Waals surface area (Å²) in [6.07, 6.45) is 80.1. The Morgan fingerprint density at radius 2 is 0.592 bits per heavy atom. The molecule has 0 spiro atoms. The number of carbonyl (C=O) groups excluding carboxylic acids is 4. The van der Waals surface area contributed by atoms with Gasteiger partial charge in [0, 0.05) is 19.3 Å². The SMILES string of the molecule is CC/C=C\C/C=C\C/C=C\C/C=C\C/C=C\CCCC(=O)OCC(COP(=O)(O)OCC(O)COP(=O)(O)OCC(COC(=O)CCCCCCC/C=C\C/C=C\CCCCC)OC(=O)CCCCCCC/C=C\CCCC)OC(=O)C/C=C\C/C=C\C/C=C\C/C=C\C/C=C\CC. The number of hydrogen-bond acceptors (Lipinski definition) is 15. The molecule has 0 aromatic heterocycles. The van der Waals surface area contributed by atoms with Crippen molar-refractivity contribution in [3.8, 4) is 0 Å². The minimum atomic E-state index is -5.02. The first kappa shape index (κ1) is 92.7. The first-order chi connectivity index (χ1) is 47.7. The molecule has 0 amide bonds. The van der Waals surface area contributed by atoms with Crippen LogP contribution in [0.2, 0.25) is 0 Å². The van der Waals surface area contributed by atoms with Gasteiger partial charge in [0.15, 0.2) is 12.2 Å². The summed E-state index contributed by atoms with van der Waals surface area (Å²) in [7, 11) is -10.0. The summed E-state index contributed by atoms with van der Waals surface area (Å²) >= 11 is 0. The minimum absolute atomic E-state index is 0.0578. The summed E-state index contributed by atoms with van der Waals surface area (Å²) in [5.74, 6) is -2.43. The first-order valence-corrected chi connectivity index (χ1v) is 39.7. The highest BCUT2D eigenvalue weighted by Gasteiger charge is 2.30. The van der Waals surface area contributed by atoms with Crippen LogP contribution in [-0.4, -0.2) is 96.7 Å². The third kappa shape index (κ3) is 69.2. The Balaban J connectivity index is 5.48. The maximum Gasteiger partial charge on any atom is 0.472 e. The normalized spacial score (nSPS) is 14.9. The van der Waals surface area contributed by atoms with Crippen molar-refractivity contribution in [2.45, 2.75) is 277 Å². The lowest BCUT2D eigenvalue weighted by molar-refractivity contribution is -0.161. The van der Waals surface area contributed by atoms with Gasteiger partial charge in [-0.25, -0.2) is 9.13 Å². The smallest absolute Gasteiger partial charge is 0.462 e. The van der Waals surface area contributed by atoms with Crippen molar-refractivity contribution in [3.63, 3.8) is 0 Å². The van der Waals surface area contributed by atoms with Gasteiger partial charge in [0.2, 0.25) is 0 Å². The van der Waals surface area contributed by atoms with E-state index in [1.54, 1.807) is 12.2 Å². The summed E-state index contributed by atoms with van der Waals surface area (Å²) in [6, 6.07) is 0. The van der Waals surface area contributed by atoms with Gasteiger partial charge in [0.05, 0.1) is 32.8 Å². The Morgan fingerprint density at radius 1 is 0.306 bits per heavy atom. The molecule has 5 atom stereocenters. The van der Waals surface area contributed by atoms with E-state index in [2.05, 4.69) is 149 Å². The molecular formula is C79H128O17P2. The number of allylic oxidation sites excluding steroid dienone is 25. The van der Waals surface area contributed by atoms with Gasteiger partial charge in [-0.15, -0.1) is 0 Å². The largest absolute Gasteiger partial charge is 0.472 e. The van der Waals surface area contributed by atoms with Crippen molar-refractivity contribution in [2.24, 2.45) is 0 Å². The average Bonchev–Trinajstić information content (AvgIpc) is 0.986. The fraction of sp³-hybridized carbons (Fsp3) is 0.620. The van der Waals surface area contributed by atoms with Crippen LogP contribution in [-0.2, 0) is 65.4 Å². The van der Waals surface area contributed by atoms with E-state index < -0.39 is 97.5 Å². The number of phosphoric acid groups is 2. The Morgan fingerprint density at radius 3 is 0.990 bits per heavy atom. The van der Waals surface area contributed by atoms with Gasteiger partial charge in [0.1, 0.15) is 19.3 Å². The number of ether oxygens (including phenoxy) is 4. The van der Waals surface area contributed by atoms with Crippen LogP contribution in [0.5, 0.6) is 0 Å². The van der Waals surface area contributed by atoms with Crippen LogP contribution in [0.4, 0.5) is 0 Å². The van der Waals surface area contributed by atoms with Crippen molar-refractivity contribution in [3.05, 3.63) is 158 Å². The van der Waals surface area contributed by atoms with Crippen molar-refractivity contribution in [2.75, 3.05) is 39.6 Å². The standard InChI is InChI=1S/C79H128O17P2/c1-5-9-13-17-21-25-29-32-35-36-39-41-45-48-52-56-60-64-77(82)90-70-75(96-79(84)66-62-58-54-50-46-42-38-34-31-27-23-19-15-11-7-3)72-94-98(87,88)92-68-73(80)67-91-97(85,86)93-71-74(95-78(83)65-61-57-53-49-43-28-24-20-16-12-8-4)69-89-76(81)63-59-55-51-47-44-40-37-33-30-26-22-18-14-10-6-2/h9,11,13,15,20-27,32-35,37-39,41,46,48,50,52,58,62,73-75,80H,5-8,10,12,14,16-19,28-31,36,40,42-45,47,49,51,53-57,59-61,63-72H2,1-4H3,(H,85,86)(H,87,88)/b13-9-,15-11-,24-20-,25-21-,26-22-,27-23-,35-32-,37-33-,38-34-,41-39-,50-46-,52-48-,62-58-. The van der Waals surface area contributed by atoms with Crippen molar-refractivity contribution >= 4 is 39.5 Å². The molecule has 0 radical (unpaired) electrons. The Hall–Kier alpha value is -5.32. The van der Waals surface area contributed by atoms with Crippen LogP contribution >= 0.6 is 15.6 Å². The topological polar surface area (TPSA) is 237 Å². The van der Waals surface area contributed by atoms with Gasteiger partial charge < -0.3 is 33.8 Å². The van der Waals surface area contributed by atoms with Crippen molar-refractivity contribution in [1.29, 1.82) is 0 Å². The zero-order chi connectivity index (χ0) is 71.8. The molecule has 0 aromatic carbocycles. The van der Waals surface area contributed by atoms with Crippen LogP contribution < -0.4 is 0 Å². The zero-order valence-corrected chi connectivity index (χ0v) is 62.2. The molecule has 0 aliphatic rings. The Bertz CT molecular complexity index is 2480. The summed E-state index contributed by atoms with van der Waals surface area (Å²) in [5.41, 5.74) is 0. The molecule has 3 N–H and O–H groups in total. The molecule has 556 valence electrons. The molecule has 0 saturated heterocycles. The van der Waals surface area contributed by atoms with Crippen molar-refractivity contribution in [1.82, 2.24) is 0 Å². The fourth-order valence-corrected chi connectivity index (χ4v) is 10.5. The minimum Gasteiger partial charge on any atom is -0.462 e. The van der Waals surface area contributed by atoms with E-state index in [4.69, 9.17) is 37.0 Å². The van der Waals surface area contributed by atoms with Crippen LogP contribution in [0.3, 0.4) is 0 Å². The van der Waals surface area contributed by atoms with E-state index >= 15 is 0 Å². The number of aliphatic hydroxyl groups excluding tert-OH is 1. The van der Waals surface area contributed by atoms with E-state index in [0.717, 1.165) is 141 Å². The number of carbonyl (C=O) groups is 4. The second-order valence-corrected chi connectivity index (χ2v) is 26.7. The van der Waals surface area contributed by atoms with Gasteiger partial charge in [0.25, 0.3) is 0 Å². The number of unbranched alkanes of at least 4 members (excludes halogenated alkanes) is 16. The number of rotatable bonds is 67. The highest BCUT2D eigenvalue weighted by molar-refractivity contribution is 7.47. The van der Waals surface area contributed by atoms with Crippen molar-refractivity contribution < 1.29 is 80.2 Å². The third-order valence-electron chi connectivity index (χ3n) is 14.5. The third-order valence-corrected chi connectivity index (χ3v) is 16.4. The molecule has 19 heteroatoms. The van der Waals surface area contributed by atoms with Crippen LogP contribution in [0.25, 0.3) is 0 Å². The molecule has 0 aliphatic heterocycles. The maximum atomic E-state index is 13.0. The molecule has 0 aromatic rings. The predicted molar refractivity (Wildman–Crippen MR) is 399 cm³/mol.